The predicted molar refractivity (Wildman–Crippen MR) is 89.8 cm³/mol. The first-order valence-electron chi connectivity index (χ1n) is 7.64. The van der Waals surface area contributed by atoms with Crippen LogP contribution in [0.5, 0.6) is 0 Å². The third kappa shape index (κ3) is 5.01. The smallest absolute Gasteiger partial charge is 0.142 e. The summed E-state index contributed by atoms with van der Waals surface area (Å²) in [5, 5.41) is 4.34. The van der Waals surface area contributed by atoms with E-state index < -0.39 is 0 Å². The van der Waals surface area contributed by atoms with Crippen molar-refractivity contribution >= 4 is 5.71 Å². The Morgan fingerprint density at radius 2 is 1.59 bits per heavy atom. The van der Waals surface area contributed by atoms with Gasteiger partial charge in [-0.05, 0) is 23.1 Å². The van der Waals surface area contributed by atoms with E-state index in [1.54, 1.807) is 7.11 Å². The van der Waals surface area contributed by atoms with Gasteiger partial charge < -0.3 is 9.57 Å². The molecule has 0 heterocycles. The second-order valence-electron chi connectivity index (χ2n) is 5.18. The highest BCUT2D eigenvalue weighted by Crippen LogP contribution is 2.11. The average molecular weight is 297 g/mol. The normalized spacial score (nSPS) is 11.5. The molecule has 0 saturated carbocycles. The lowest BCUT2D eigenvalue weighted by Crippen LogP contribution is -2.02. The number of oxime groups is 1. The summed E-state index contributed by atoms with van der Waals surface area (Å²) in [5.41, 5.74) is 4.38. The van der Waals surface area contributed by atoms with Crippen LogP contribution in [0.3, 0.4) is 0 Å². The molecule has 0 bridgehead atoms. The molecule has 0 spiro atoms. The van der Waals surface area contributed by atoms with Crippen LogP contribution in [0.4, 0.5) is 0 Å². The van der Waals surface area contributed by atoms with Gasteiger partial charge in [0.2, 0.25) is 0 Å². The molecule has 0 atom stereocenters. The Bertz CT molecular complexity index is 576. The van der Waals surface area contributed by atoms with Crippen LogP contribution >= 0.6 is 0 Å². The minimum absolute atomic E-state index is 0.496. The van der Waals surface area contributed by atoms with E-state index in [1.807, 2.05) is 30.3 Å². The number of nitrogens with zero attached hydrogens (tertiary/aromatic N) is 1. The van der Waals surface area contributed by atoms with Gasteiger partial charge in [0.25, 0.3) is 0 Å². The van der Waals surface area contributed by atoms with Crippen LogP contribution in [0.25, 0.3) is 0 Å². The zero-order valence-corrected chi connectivity index (χ0v) is 13.3. The zero-order valence-electron chi connectivity index (χ0n) is 13.3. The third-order valence-electron chi connectivity index (χ3n) is 3.33. The lowest BCUT2D eigenvalue weighted by Gasteiger charge is -2.07. The summed E-state index contributed by atoms with van der Waals surface area (Å²) in [4.78, 5) is 5.53. The molecule has 2 rings (SSSR count). The fourth-order valence-corrected chi connectivity index (χ4v) is 2.20. The summed E-state index contributed by atoms with van der Waals surface area (Å²) in [6, 6.07) is 18.4. The molecule has 0 N–H and O–H groups in total. The molecule has 0 fully saturated rings. The predicted octanol–water partition coefficient (Wildman–Crippen LogP) is 4.55. The molecule has 0 aliphatic rings. The lowest BCUT2D eigenvalue weighted by molar-refractivity contribution is 0.130. The van der Waals surface area contributed by atoms with Crippen LogP contribution in [0.2, 0.25) is 0 Å². The number of benzene rings is 2. The Hall–Kier alpha value is -2.13. The summed E-state index contributed by atoms with van der Waals surface area (Å²) in [6.45, 7) is 3.27. The summed E-state index contributed by atoms with van der Waals surface area (Å²) < 4.78 is 5.13. The maximum Gasteiger partial charge on any atom is 0.142 e. The molecular formula is C19H23NO2. The van der Waals surface area contributed by atoms with E-state index in [0.29, 0.717) is 13.2 Å². The summed E-state index contributed by atoms with van der Waals surface area (Å²) in [6.07, 6.45) is 1.94. The maximum atomic E-state index is 5.53. The van der Waals surface area contributed by atoms with Crippen molar-refractivity contribution in [2.24, 2.45) is 5.16 Å². The average Bonchev–Trinajstić information content (AvgIpc) is 2.56. The van der Waals surface area contributed by atoms with Crippen molar-refractivity contribution in [3.05, 3.63) is 71.3 Å². The van der Waals surface area contributed by atoms with Gasteiger partial charge in [-0.25, -0.2) is 0 Å². The first kappa shape index (κ1) is 16.2. The molecule has 0 radical (unpaired) electrons. The van der Waals surface area contributed by atoms with Crippen LogP contribution in [0.1, 0.15) is 36.5 Å². The van der Waals surface area contributed by atoms with E-state index in [4.69, 9.17) is 9.57 Å². The zero-order chi connectivity index (χ0) is 15.6. The first-order valence-corrected chi connectivity index (χ1v) is 7.64. The third-order valence-corrected chi connectivity index (χ3v) is 3.33. The lowest BCUT2D eigenvalue weighted by atomic mass is 10.0. The molecule has 0 amide bonds. The molecule has 2 aromatic rings. The van der Waals surface area contributed by atoms with Crippen molar-refractivity contribution in [2.75, 3.05) is 7.11 Å². The largest absolute Gasteiger partial charge is 0.391 e. The van der Waals surface area contributed by atoms with Gasteiger partial charge in [0.15, 0.2) is 0 Å². The van der Waals surface area contributed by atoms with Gasteiger partial charge in [-0.15, -0.1) is 0 Å². The van der Waals surface area contributed by atoms with Crippen LogP contribution in [0, 0.1) is 0 Å². The molecule has 0 saturated heterocycles. The molecule has 0 aliphatic heterocycles. The summed E-state index contributed by atoms with van der Waals surface area (Å²) in [5.74, 6) is 0. The number of rotatable bonds is 8. The molecule has 3 heteroatoms. The van der Waals surface area contributed by atoms with Crippen molar-refractivity contribution < 1.29 is 9.57 Å². The first-order chi connectivity index (χ1) is 10.8. The Labute approximate surface area is 132 Å². The molecule has 0 unspecified atom stereocenters. The van der Waals surface area contributed by atoms with Crippen LogP contribution in [-0.4, -0.2) is 12.8 Å². The molecule has 0 aromatic heterocycles. The van der Waals surface area contributed by atoms with Crippen LogP contribution in [0.15, 0.2) is 59.8 Å². The van der Waals surface area contributed by atoms with Gasteiger partial charge in [-0.3, -0.25) is 0 Å². The van der Waals surface area contributed by atoms with Crippen molar-refractivity contribution in [1.29, 1.82) is 0 Å². The van der Waals surface area contributed by atoms with Gasteiger partial charge in [0.05, 0.1) is 12.3 Å². The highest BCUT2D eigenvalue weighted by molar-refractivity contribution is 6.00. The highest BCUT2D eigenvalue weighted by Gasteiger charge is 2.04. The van der Waals surface area contributed by atoms with Gasteiger partial charge in [-0.1, -0.05) is 73.1 Å². The van der Waals surface area contributed by atoms with Gasteiger partial charge >= 0.3 is 0 Å². The quantitative estimate of drug-likeness (QED) is 0.528. The van der Waals surface area contributed by atoms with E-state index >= 15 is 0 Å². The Morgan fingerprint density at radius 3 is 2.23 bits per heavy atom. The molecule has 3 nitrogen and oxygen atoms in total. The van der Waals surface area contributed by atoms with E-state index in [9.17, 15) is 0 Å². The van der Waals surface area contributed by atoms with Gasteiger partial charge in [0, 0.05) is 7.11 Å². The number of methoxy groups -OCH3 is 1. The number of hydrogen-bond acceptors (Lipinski definition) is 3. The number of ether oxygens (including phenoxy) is 1. The Kier molecular flexibility index (Phi) is 6.65. The molecule has 2 aromatic carbocycles. The Morgan fingerprint density at radius 1 is 0.909 bits per heavy atom. The minimum Gasteiger partial charge on any atom is -0.391 e. The Balaban J connectivity index is 2.03. The number of hydrogen-bond donors (Lipinski definition) is 0. The van der Waals surface area contributed by atoms with Crippen molar-refractivity contribution in [3.63, 3.8) is 0 Å². The second kappa shape index (κ2) is 9.00. The molecule has 0 aliphatic carbocycles. The van der Waals surface area contributed by atoms with E-state index in [0.717, 1.165) is 35.2 Å². The fourth-order valence-electron chi connectivity index (χ4n) is 2.20. The monoisotopic (exact) mass is 297 g/mol. The second-order valence-corrected chi connectivity index (χ2v) is 5.18. The minimum atomic E-state index is 0.496. The van der Waals surface area contributed by atoms with Crippen LogP contribution in [-0.2, 0) is 22.8 Å². The SMILES string of the molecule is CCC/C(=N\OCc1ccccc1)c1ccc(COC)cc1. The van der Waals surface area contributed by atoms with E-state index in [2.05, 4.69) is 36.3 Å². The summed E-state index contributed by atoms with van der Waals surface area (Å²) in [7, 11) is 1.70. The van der Waals surface area contributed by atoms with Gasteiger partial charge in [0.1, 0.15) is 6.61 Å². The molecule has 116 valence electrons. The van der Waals surface area contributed by atoms with Crippen molar-refractivity contribution in [2.45, 2.75) is 33.0 Å². The van der Waals surface area contributed by atoms with E-state index in [-0.39, 0.29) is 0 Å². The van der Waals surface area contributed by atoms with Crippen molar-refractivity contribution in [3.8, 4) is 0 Å². The fraction of sp³-hybridized carbons (Fsp3) is 0.316. The topological polar surface area (TPSA) is 30.8 Å². The summed E-state index contributed by atoms with van der Waals surface area (Å²) >= 11 is 0. The van der Waals surface area contributed by atoms with Crippen molar-refractivity contribution in [1.82, 2.24) is 0 Å². The van der Waals surface area contributed by atoms with Crippen LogP contribution < -0.4 is 0 Å². The molecule has 22 heavy (non-hydrogen) atoms. The molecular weight excluding hydrogens is 274 g/mol. The van der Waals surface area contributed by atoms with E-state index in [1.165, 1.54) is 0 Å². The van der Waals surface area contributed by atoms with Gasteiger partial charge in [-0.2, -0.15) is 0 Å². The highest BCUT2D eigenvalue weighted by atomic mass is 16.6. The standard InChI is InChI=1S/C19H23NO2/c1-3-7-19(18-12-10-17(11-13-18)14-21-2)20-22-15-16-8-5-4-6-9-16/h4-6,8-13H,3,7,14-15H2,1-2H3/b20-19+. The maximum absolute atomic E-state index is 5.53.